The third-order valence-corrected chi connectivity index (χ3v) is 3.46. The summed E-state index contributed by atoms with van der Waals surface area (Å²) in [5.74, 6) is 0. The quantitative estimate of drug-likeness (QED) is 0.855. The summed E-state index contributed by atoms with van der Waals surface area (Å²) >= 11 is 0. The van der Waals surface area contributed by atoms with E-state index in [1.807, 2.05) is 24.3 Å². The SMILES string of the molecule is CN1CCC[C@H]1CNCc1ccc(C#N)cc1. The smallest absolute Gasteiger partial charge is 0.0991 e. The van der Waals surface area contributed by atoms with Crippen molar-refractivity contribution >= 4 is 0 Å². The Bertz CT molecular complexity index is 391. The van der Waals surface area contributed by atoms with Gasteiger partial charge >= 0.3 is 0 Å². The number of nitrogens with one attached hydrogen (secondary N) is 1. The van der Waals surface area contributed by atoms with Gasteiger partial charge in [0.1, 0.15) is 0 Å². The van der Waals surface area contributed by atoms with Crippen LogP contribution in [0, 0.1) is 11.3 Å². The van der Waals surface area contributed by atoms with Crippen molar-refractivity contribution in [2.45, 2.75) is 25.4 Å². The average Bonchev–Trinajstić information content (AvgIpc) is 2.76. The van der Waals surface area contributed by atoms with E-state index in [-0.39, 0.29) is 0 Å². The Morgan fingerprint density at radius 1 is 1.41 bits per heavy atom. The summed E-state index contributed by atoms with van der Waals surface area (Å²) in [5, 5.41) is 12.2. The number of rotatable bonds is 4. The summed E-state index contributed by atoms with van der Waals surface area (Å²) in [5.41, 5.74) is 1.97. The zero-order chi connectivity index (χ0) is 12.1. The van der Waals surface area contributed by atoms with Crippen LogP contribution in [0.25, 0.3) is 0 Å². The van der Waals surface area contributed by atoms with Crippen molar-refractivity contribution in [3.05, 3.63) is 35.4 Å². The van der Waals surface area contributed by atoms with E-state index in [0.717, 1.165) is 18.7 Å². The van der Waals surface area contributed by atoms with Crippen molar-refractivity contribution in [1.29, 1.82) is 5.26 Å². The summed E-state index contributed by atoms with van der Waals surface area (Å²) in [4.78, 5) is 2.42. The maximum atomic E-state index is 8.71. The van der Waals surface area contributed by atoms with Gasteiger partial charge in [-0.05, 0) is 44.1 Å². The van der Waals surface area contributed by atoms with Crippen LogP contribution in [0.15, 0.2) is 24.3 Å². The topological polar surface area (TPSA) is 39.1 Å². The minimum atomic E-state index is 0.688. The summed E-state index contributed by atoms with van der Waals surface area (Å²) < 4.78 is 0. The Hall–Kier alpha value is -1.37. The van der Waals surface area contributed by atoms with E-state index in [4.69, 9.17) is 5.26 Å². The van der Waals surface area contributed by atoms with Crippen LogP contribution in [0.1, 0.15) is 24.0 Å². The van der Waals surface area contributed by atoms with E-state index in [0.29, 0.717) is 6.04 Å². The van der Waals surface area contributed by atoms with Crippen LogP contribution in [0.3, 0.4) is 0 Å². The fourth-order valence-electron chi connectivity index (χ4n) is 2.32. The van der Waals surface area contributed by atoms with Gasteiger partial charge in [-0.15, -0.1) is 0 Å². The molecule has 3 nitrogen and oxygen atoms in total. The van der Waals surface area contributed by atoms with Gasteiger partial charge in [0.2, 0.25) is 0 Å². The van der Waals surface area contributed by atoms with Gasteiger partial charge in [-0.2, -0.15) is 5.26 Å². The van der Waals surface area contributed by atoms with Crippen LogP contribution in [0.4, 0.5) is 0 Å². The molecule has 0 unspecified atom stereocenters. The third kappa shape index (κ3) is 3.29. The van der Waals surface area contributed by atoms with E-state index in [9.17, 15) is 0 Å². The molecule has 1 N–H and O–H groups in total. The van der Waals surface area contributed by atoms with Gasteiger partial charge in [0, 0.05) is 19.1 Å². The van der Waals surface area contributed by atoms with Crippen LogP contribution in [0.5, 0.6) is 0 Å². The largest absolute Gasteiger partial charge is 0.311 e. The lowest BCUT2D eigenvalue weighted by atomic mass is 10.1. The Labute approximate surface area is 103 Å². The first-order valence-electron chi connectivity index (χ1n) is 6.19. The van der Waals surface area contributed by atoms with Crippen molar-refractivity contribution in [3.8, 4) is 6.07 Å². The van der Waals surface area contributed by atoms with Crippen molar-refractivity contribution < 1.29 is 0 Å². The summed E-state index contributed by atoms with van der Waals surface area (Å²) in [7, 11) is 2.20. The van der Waals surface area contributed by atoms with E-state index in [2.05, 4.69) is 23.3 Å². The highest BCUT2D eigenvalue weighted by molar-refractivity contribution is 5.31. The first-order valence-corrected chi connectivity index (χ1v) is 6.19. The monoisotopic (exact) mass is 229 g/mol. The second-order valence-electron chi connectivity index (χ2n) is 4.72. The molecule has 3 heteroatoms. The zero-order valence-electron chi connectivity index (χ0n) is 10.3. The lowest BCUT2D eigenvalue weighted by Gasteiger charge is -2.19. The molecule has 1 atom stereocenters. The second kappa shape index (κ2) is 5.81. The minimum absolute atomic E-state index is 0.688. The number of nitriles is 1. The first kappa shape index (κ1) is 12.1. The molecule has 1 heterocycles. The fourth-order valence-corrected chi connectivity index (χ4v) is 2.32. The molecular weight excluding hydrogens is 210 g/mol. The Balaban J connectivity index is 1.76. The molecule has 0 aliphatic carbocycles. The lowest BCUT2D eigenvalue weighted by Crippen LogP contribution is -2.35. The number of hydrogen-bond donors (Lipinski definition) is 1. The molecule has 0 bridgehead atoms. The normalized spacial score (nSPS) is 20.4. The zero-order valence-corrected chi connectivity index (χ0v) is 10.3. The van der Waals surface area contributed by atoms with Gasteiger partial charge in [0.05, 0.1) is 11.6 Å². The van der Waals surface area contributed by atoms with Crippen LogP contribution in [0.2, 0.25) is 0 Å². The Morgan fingerprint density at radius 2 is 2.18 bits per heavy atom. The van der Waals surface area contributed by atoms with Crippen molar-refractivity contribution in [3.63, 3.8) is 0 Å². The van der Waals surface area contributed by atoms with E-state index >= 15 is 0 Å². The van der Waals surface area contributed by atoms with E-state index < -0.39 is 0 Å². The molecule has 2 rings (SSSR count). The summed E-state index contributed by atoms with van der Waals surface area (Å²) in [6.07, 6.45) is 2.62. The van der Waals surface area contributed by atoms with Gasteiger partial charge in [0.15, 0.2) is 0 Å². The fraction of sp³-hybridized carbons (Fsp3) is 0.500. The number of hydrogen-bond acceptors (Lipinski definition) is 3. The van der Waals surface area contributed by atoms with Gasteiger partial charge in [0.25, 0.3) is 0 Å². The van der Waals surface area contributed by atoms with E-state index in [1.165, 1.54) is 24.9 Å². The molecule has 0 aromatic heterocycles. The van der Waals surface area contributed by atoms with Crippen LogP contribution >= 0.6 is 0 Å². The molecular formula is C14H19N3. The van der Waals surface area contributed by atoms with Gasteiger partial charge in [-0.3, -0.25) is 0 Å². The summed E-state index contributed by atoms with van der Waals surface area (Å²) in [6.45, 7) is 3.16. The number of likely N-dealkylation sites (tertiary alicyclic amines) is 1. The molecule has 1 saturated heterocycles. The highest BCUT2D eigenvalue weighted by Crippen LogP contribution is 2.13. The molecule has 1 aliphatic rings. The van der Waals surface area contributed by atoms with Crippen LogP contribution in [-0.4, -0.2) is 31.1 Å². The number of nitrogens with zero attached hydrogens (tertiary/aromatic N) is 2. The Morgan fingerprint density at radius 3 is 2.76 bits per heavy atom. The van der Waals surface area contributed by atoms with Crippen molar-refractivity contribution in [1.82, 2.24) is 10.2 Å². The minimum Gasteiger partial charge on any atom is -0.311 e. The second-order valence-corrected chi connectivity index (χ2v) is 4.72. The standard InChI is InChI=1S/C14H19N3/c1-17-8-2-3-14(17)11-16-10-13-6-4-12(9-15)5-7-13/h4-7,14,16H,2-3,8,10-11H2,1H3/t14-/m0/s1. The molecule has 17 heavy (non-hydrogen) atoms. The highest BCUT2D eigenvalue weighted by atomic mass is 15.2. The third-order valence-electron chi connectivity index (χ3n) is 3.46. The lowest BCUT2D eigenvalue weighted by molar-refractivity contribution is 0.300. The molecule has 1 aliphatic heterocycles. The average molecular weight is 229 g/mol. The predicted molar refractivity (Wildman–Crippen MR) is 68.5 cm³/mol. The highest BCUT2D eigenvalue weighted by Gasteiger charge is 2.19. The maximum Gasteiger partial charge on any atom is 0.0991 e. The molecule has 90 valence electrons. The molecule has 1 fully saturated rings. The summed E-state index contributed by atoms with van der Waals surface area (Å²) in [6, 6.07) is 10.6. The molecule has 0 spiro atoms. The molecule has 1 aromatic rings. The first-order chi connectivity index (χ1) is 8.29. The molecule has 0 radical (unpaired) electrons. The van der Waals surface area contributed by atoms with Crippen molar-refractivity contribution in [2.75, 3.05) is 20.1 Å². The van der Waals surface area contributed by atoms with Crippen molar-refractivity contribution in [2.24, 2.45) is 0 Å². The number of likely N-dealkylation sites (N-methyl/N-ethyl adjacent to an activating group) is 1. The molecule has 0 saturated carbocycles. The van der Waals surface area contributed by atoms with Crippen LogP contribution < -0.4 is 5.32 Å². The molecule has 1 aromatic carbocycles. The molecule has 0 amide bonds. The van der Waals surface area contributed by atoms with E-state index in [1.54, 1.807) is 0 Å². The van der Waals surface area contributed by atoms with Gasteiger partial charge < -0.3 is 10.2 Å². The van der Waals surface area contributed by atoms with Crippen LogP contribution in [-0.2, 0) is 6.54 Å². The Kier molecular flexibility index (Phi) is 4.13. The maximum absolute atomic E-state index is 8.71. The van der Waals surface area contributed by atoms with Gasteiger partial charge in [-0.1, -0.05) is 12.1 Å². The van der Waals surface area contributed by atoms with Gasteiger partial charge in [-0.25, -0.2) is 0 Å². The number of benzene rings is 1. The predicted octanol–water partition coefficient (Wildman–Crippen LogP) is 1.74.